The molecule has 2 heterocycles. The first-order valence-corrected chi connectivity index (χ1v) is 7.80. The summed E-state index contributed by atoms with van der Waals surface area (Å²) in [6.07, 6.45) is 2.96. The van der Waals surface area contributed by atoms with Gasteiger partial charge in [-0.1, -0.05) is 18.2 Å². The predicted octanol–water partition coefficient (Wildman–Crippen LogP) is 3.58. The topological polar surface area (TPSA) is 84.1 Å². The van der Waals surface area contributed by atoms with E-state index >= 15 is 0 Å². The Balaban J connectivity index is 1.79. The van der Waals surface area contributed by atoms with E-state index in [-0.39, 0.29) is 11.4 Å². The SMILES string of the molecule is O=C(Nc1cc(Br)c[nH]c1=O)c1cc(Oc2ccccc2)ccn1. The Morgan fingerprint density at radius 3 is 2.71 bits per heavy atom. The minimum atomic E-state index is -0.503. The van der Waals surface area contributed by atoms with E-state index in [4.69, 9.17) is 4.74 Å². The molecule has 6 nitrogen and oxygen atoms in total. The van der Waals surface area contributed by atoms with Crippen molar-refractivity contribution in [1.82, 2.24) is 9.97 Å². The molecule has 0 fully saturated rings. The van der Waals surface area contributed by atoms with Gasteiger partial charge in [-0.25, -0.2) is 0 Å². The summed E-state index contributed by atoms with van der Waals surface area (Å²) < 4.78 is 6.31. The first-order chi connectivity index (χ1) is 11.6. The van der Waals surface area contributed by atoms with Crippen molar-refractivity contribution in [3.63, 3.8) is 0 Å². The number of carbonyl (C=O) groups is 1. The van der Waals surface area contributed by atoms with Crippen LogP contribution >= 0.6 is 15.9 Å². The minimum absolute atomic E-state index is 0.130. The van der Waals surface area contributed by atoms with Crippen LogP contribution in [0.2, 0.25) is 0 Å². The molecule has 1 amide bonds. The molecule has 2 N–H and O–H groups in total. The second kappa shape index (κ2) is 7.10. The molecule has 0 spiro atoms. The van der Waals surface area contributed by atoms with Crippen LogP contribution < -0.4 is 15.6 Å². The number of nitrogens with one attached hydrogen (secondary N) is 2. The van der Waals surface area contributed by atoms with Crippen LogP contribution in [0.15, 0.2) is 70.2 Å². The number of ether oxygens (including phenoxy) is 1. The third-order valence-corrected chi connectivity index (χ3v) is 3.52. The number of halogens is 1. The lowest BCUT2D eigenvalue weighted by molar-refractivity contribution is 0.102. The molecule has 0 unspecified atom stereocenters. The maximum atomic E-state index is 12.3. The molecule has 0 aliphatic heterocycles. The monoisotopic (exact) mass is 385 g/mol. The lowest BCUT2D eigenvalue weighted by Crippen LogP contribution is -2.20. The molecule has 0 saturated heterocycles. The highest BCUT2D eigenvalue weighted by Gasteiger charge is 2.11. The van der Waals surface area contributed by atoms with Crippen molar-refractivity contribution < 1.29 is 9.53 Å². The maximum Gasteiger partial charge on any atom is 0.274 e. The Bertz CT molecular complexity index is 926. The van der Waals surface area contributed by atoms with Gasteiger partial charge in [-0.15, -0.1) is 0 Å². The van der Waals surface area contributed by atoms with E-state index in [0.29, 0.717) is 16.0 Å². The van der Waals surface area contributed by atoms with Gasteiger partial charge in [-0.3, -0.25) is 14.6 Å². The van der Waals surface area contributed by atoms with Crippen LogP contribution in [0.5, 0.6) is 11.5 Å². The van der Waals surface area contributed by atoms with E-state index in [1.807, 2.05) is 18.2 Å². The number of nitrogens with zero attached hydrogens (tertiary/aromatic N) is 1. The number of carbonyl (C=O) groups excluding carboxylic acids is 1. The number of hydrogen-bond acceptors (Lipinski definition) is 4. The van der Waals surface area contributed by atoms with E-state index in [1.165, 1.54) is 24.5 Å². The Morgan fingerprint density at radius 1 is 1.12 bits per heavy atom. The van der Waals surface area contributed by atoms with Gasteiger partial charge in [0, 0.05) is 22.9 Å². The molecule has 7 heteroatoms. The third kappa shape index (κ3) is 3.88. The number of para-hydroxylation sites is 1. The molecule has 0 radical (unpaired) electrons. The number of hydrogen-bond donors (Lipinski definition) is 2. The number of H-pyrrole nitrogens is 1. The van der Waals surface area contributed by atoms with Crippen molar-refractivity contribution in [2.45, 2.75) is 0 Å². The average Bonchev–Trinajstić information content (AvgIpc) is 2.59. The predicted molar refractivity (Wildman–Crippen MR) is 93.5 cm³/mol. The van der Waals surface area contributed by atoms with Gasteiger partial charge in [-0.05, 0) is 40.2 Å². The van der Waals surface area contributed by atoms with Crippen LogP contribution in [0.4, 0.5) is 5.69 Å². The number of benzene rings is 1. The van der Waals surface area contributed by atoms with E-state index in [0.717, 1.165) is 0 Å². The molecule has 0 bridgehead atoms. The van der Waals surface area contributed by atoms with Gasteiger partial charge in [0.15, 0.2) is 0 Å². The van der Waals surface area contributed by atoms with Crippen LogP contribution in [-0.4, -0.2) is 15.9 Å². The Labute approximate surface area is 145 Å². The van der Waals surface area contributed by atoms with Gasteiger partial charge in [0.1, 0.15) is 22.9 Å². The number of rotatable bonds is 4. The highest BCUT2D eigenvalue weighted by atomic mass is 79.9. The number of amides is 1. The highest BCUT2D eigenvalue weighted by molar-refractivity contribution is 9.10. The molecule has 2 aromatic heterocycles. The Hall–Kier alpha value is -2.93. The van der Waals surface area contributed by atoms with Crippen LogP contribution in [-0.2, 0) is 0 Å². The Kier molecular flexibility index (Phi) is 4.72. The lowest BCUT2D eigenvalue weighted by Gasteiger charge is -2.07. The molecule has 0 saturated carbocycles. The van der Waals surface area contributed by atoms with E-state index < -0.39 is 11.5 Å². The number of aromatic nitrogens is 2. The summed E-state index contributed by atoms with van der Waals surface area (Å²) in [5.74, 6) is 0.625. The Morgan fingerprint density at radius 2 is 1.92 bits per heavy atom. The maximum absolute atomic E-state index is 12.3. The number of anilines is 1. The zero-order chi connectivity index (χ0) is 16.9. The standard InChI is InChI=1S/C17H12BrN3O3/c18-11-8-15(16(22)20-10-11)21-17(23)14-9-13(6-7-19-14)24-12-4-2-1-3-5-12/h1-10H,(H,20,22)(H,21,23). The quantitative estimate of drug-likeness (QED) is 0.718. The zero-order valence-corrected chi connectivity index (χ0v) is 13.9. The van der Waals surface area contributed by atoms with Crippen LogP contribution in [0.3, 0.4) is 0 Å². The summed E-state index contributed by atoms with van der Waals surface area (Å²) in [6, 6.07) is 13.9. The van der Waals surface area contributed by atoms with Gasteiger partial charge in [0.25, 0.3) is 11.5 Å². The fourth-order valence-electron chi connectivity index (χ4n) is 1.96. The van der Waals surface area contributed by atoms with E-state index in [2.05, 4.69) is 31.2 Å². The molecule has 3 rings (SSSR count). The average molecular weight is 386 g/mol. The van der Waals surface area contributed by atoms with Crippen LogP contribution in [0.25, 0.3) is 0 Å². The molecule has 0 aliphatic carbocycles. The number of aromatic amines is 1. The zero-order valence-electron chi connectivity index (χ0n) is 12.3. The summed E-state index contributed by atoms with van der Waals surface area (Å²) in [4.78, 5) is 30.5. The van der Waals surface area contributed by atoms with Crippen molar-refractivity contribution >= 4 is 27.5 Å². The lowest BCUT2D eigenvalue weighted by atomic mass is 10.3. The van der Waals surface area contributed by atoms with Crippen molar-refractivity contribution in [2.75, 3.05) is 5.32 Å². The molecular weight excluding hydrogens is 374 g/mol. The van der Waals surface area contributed by atoms with Gasteiger partial charge in [0.05, 0.1) is 0 Å². The molecule has 0 aliphatic rings. The molecular formula is C17H12BrN3O3. The van der Waals surface area contributed by atoms with Crippen molar-refractivity contribution in [1.29, 1.82) is 0 Å². The number of pyridine rings is 2. The third-order valence-electron chi connectivity index (χ3n) is 3.06. The molecule has 120 valence electrons. The second-order valence-electron chi connectivity index (χ2n) is 4.81. The van der Waals surface area contributed by atoms with Crippen LogP contribution in [0.1, 0.15) is 10.5 Å². The first kappa shape index (κ1) is 15.9. The van der Waals surface area contributed by atoms with Crippen molar-refractivity contribution in [3.8, 4) is 11.5 Å². The normalized spacial score (nSPS) is 10.2. The van der Waals surface area contributed by atoms with Crippen molar-refractivity contribution in [2.24, 2.45) is 0 Å². The fraction of sp³-hybridized carbons (Fsp3) is 0. The largest absolute Gasteiger partial charge is 0.457 e. The van der Waals surface area contributed by atoms with E-state index in [9.17, 15) is 9.59 Å². The smallest absolute Gasteiger partial charge is 0.274 e. The molecule has 3 aromatic rings. The van der Waals surface area contributed by atoms with Crippen molar-refractivity contribution in [3.05, 3.63) is 81.4 Å². The fourth-order valence-corrected chi connectivity index (χ4v) is 2.30. The second-order valence-corrected chi connectivity index (χ2v) is 5.72. The summed E-state index contributed by atoms with van der Waals surface area (Å²) in [7, 11) is 0. The van der Waals surface area contributed by atoms with Gasteiger partial charge >= 0.3 is 0 Å². The first-order valence-electron chi connectivity index (χ1n) is 7.00. The summed E-state index contributed by atoms with van der Waals surface area (Å²) in [6.45, 7) is 0. The van der Waals surface area contributed by atoms with Gasteiger partial charge < -0.3 is 15.0 Å². The molecule has 24 heavy (non-hydrogen) atoms. The van der Waals surface area contributed by atoms with E-state index in [1.54, 1.807) is 18.2 Å². The highest BCUT2D eigenvalue weighted by Crippen LogP contribution is 2.21. The molecule has 1 aromatic carbocycles. The summed E-state index contributed by atoms with van der Waals surface area (Å²) in [5.41, 5.74) is -0.128. The summed E-state index contributed by atoms with van der Waals surface area (Å²) in [5, 5.41) is 2.53. The summed E-state index contributed by atoms with van der Waals surface area (Å²) >= 11 is 3.23. The minimum Gasteiger partial charge on any atom is -0.457 e. The van der Waals surface area contributed by atoms with Crippen LogP contribution in [0, 0.1) is 0 Å². The van der Waals surface area contributed by atoms with Gasteiger partial charge in [-0.2, -0.15) is 0 Å². The van der Waals surface area contributed by atoms with Gasteiger partial charge in [0.2, 0.25) is 0 Å². The molecule has 0 atom stereocenters.